The van der Waals surface area contributed by atoms with Gasteiger partial charge in [-0.3, -0.25) is 4.99 Å². The van der Waals surface area contributed by atoms with Crippen molar-refractivity contribution in [3.8, 4) is 0 Å². The second kappa shape index (κ2) is 4.45. The van der Waals surface area contributed by atoms with E-state index in [-0.39, 0.29) is 0 Å². The molecule has 1 heterocycles. The zero-order chi connectivity index (χ0) is 9.80. The predicted octanol–water partition coefficient (Wildman–Crippen LogP) is 2.15. The van der Waals surface area contributed by atoms with E-state index >= 15 is 0 Å². The van der Waals surface area contributed by atoms with Crippen molar-refractivity contribution in [3.05, 3.63) is 24.3 Å². The number of allylic oxidation sites excluding steroid dienone is 4. The Morgan fingerprint density at radius 3 is 3.14 bits per heavy atom. The number of nitrogens with zero attached hydrogens (tertiary/aromatic N) is 1. The fraction of sp³-hybridized carbons (Fsp3) is 0.583. The van der Waals surface area contributed by atoms with Crippen LogP contribution in [-0.2, 0) is 0 Å². The average molecular weight is 190 g/mol. The van der Waals surface area contributed by atoms with E-state index in [0.29, 0.717) is 11.8 Å². The number of nitrogens with one attached hydrogen (secondary N) is 1. The number of amidine groups is 1. The summed E-state index contributed by atoms with van der Waals surface area (Å²) in [6.45, 7) is 4.25. The summed E-state index contributed by atoms with van der Waals surface area (Å²) in [6.07, 6.45) is 11.3. The molecule has 0 aromatic heterocycles. The van der Waals surface area contributed by atoms with Gasteiger partial charge in [0.2, 0.25) is 0 Å². The van der Waals surface area contributed by atoms with Gasteiger partial charge in [-0.15, -0.1) is 0 Å². The van der Waals surface area contributed by atoms with Gasteiger partial charge in [-0.05, 0) is 18.8 Å². The fourth-order valence-corrected chi connectivity index (χ4v) is 2.12. The first-order chi connectivity index (χ1) is 6.86. The molecule has 0 aromatic rings. The summed E-state index contributed by atoms with van der Waals surface area (Å²) in [5.74, 6) is 2.51. The van der Waals surface area contributed by atoms with E-state index in [0.717, 1.165) is 13.1 Å². The molecule has 2 heteroatoms. The third-order valence-corrected chi connectivity index (χ3v) is 2.89. The van der Waals surface area contributed by atoms with Crippen molar-refractivity contribution in [2.75, 3.05) is 13.1 Å². The van der Waals surface area contributed by atoms with Crippen LogP contribution in [0.3, 0.4) is 0 Å². The number of rotatable bonds is 3. The van der Waals surface area contributed by atoms with Crippen LogP contribution >= 0.6 is 0 Å². The molecule has 1 aliphatic carbocycles. The Balaban J connectivity index is 1.84. The van der Waals surface area contributed by atoms with Gasteiger partial charge < -0.3 is 5.32 Å². The van der Waals surface area contributed by atoms with Crippen LogP contribution in [0.1, 0.15) is 19.8 Å². The first-order valence-electron chi connectivity index (χ1n) is 5.48. The molecule has 0 spiro atoms. The minimum absolute atomic E-state index is 0.582. The SMILES string of the molecule is C[C@H](CC1C=CC=CC1)C1=NCCN1. The Morgan fingerprint density at radius 2 is 2.50 bits per heavy atom. The molecule has 2 nitrogen and oxygen atoms in total. The third-order valence-electron chi connectivity index (χ3n) is 2.89. The highest BCUT2D eigenvalue weighted by molar-refractivity contribution is 5.85. The molecular weight excluding hydrogens is 172 g/mol. The summed E-state index contributed by atoms with van der Waals surface area (Å²) < 4.78 is 0. The van der Waals surface area contributed by atoms with Crippen LogP contribution in [-0.4, -0.2) is 18.9 Å². The lowest BCUT2D eigenvalue weighted by atomic mass is 9.90. The number of hydrogen-bond acceptors (Lipinski definition) is 2. The maximum Gasteiger partial charge on any atom is 0.0993 e. The molecule has 0 saturated carbocycles. The molecule has 0 amide bonds. The topological polar surface area (TPSA) is 24.4 Å². The van der Waals surface area contributed by atoms with Crippen molar-refractivity contribution >= 4 is 5.84 Å². The zero-order valence-electron chi connectivity index (χ0n) is 8.74. The van der Waals surface area contributed by atoms with Crippen LogP contribution in [0.15, 0.2) is 29.3 Å². The van der Waals surface area contributed by atoms with Gasteiger partial charge in [0.05, 0.1) is 12.4 Å². The van der Waals surface area contributed by atoms with Crippen LogP contribution in [0.2, 0.25) is 0 Å². The van der Waals surface area contributed by atoms with Gasteiger partial charge in [0.25, 0.3) is 0 Å². The van der Waals surface area contributed by atoms with E-state index < -0.39 is 0 Å². The number of aliphatic imine (C=N–C) groups is 1. The Labute approximate surface area is 85.8 Å². The molecule has 14 heavy (non-hydrogen) atoms. The quantitative estimate of drug-likeness (QED) is 0.724. The van der Waals surface area contributed by atoms with E-state index in [9.17, 15) is 0 Å². The lowest BCUT2D eigenvalue weighted by molar-refractivity contribution is 0.524. The molecule has 76 valence electrons. The normalized spacial score (nSPS) is 27.2. The van der Waals surface area contributed by atoms with Gasteiger partial charge in [0.1, 0.15) is 0 Å². The summed E-state index contributed by atoms with van der Waals surface area (Å²) in [4.78, 5) is 4.46. The summed E-state index contributed by atoms with van der Waals surface area (Å²) in [5.41, 5.74) is 0. The highest BCUT2D eigenvalue weighted by Crippen LogP contribution is 2.21. The zero-order valence-corrected chi connectivity index (χ0v) is 8.74. The smallest absolute Gasteiger partial charge is 0.0993 e. The van der Waals surface area contributed by atoms with Crippen LogP contribution < -0.4 is 5.32 Å². The van der Waals surface area contributed by atoms with E-state index in [1.165, 1.54) is 18.7 Å². The molecule has 0 bridgehead atoms. The number of hydrogen-bond donors (Lipinski definition) is 1. The highest BCUT2D eigenvalue weighted by Gasteiger charge is 2.17. The van der Waals surface area contributed by atoms with Crippen LogP contribution in [0.4, 0.5) is 0 Å². The standard InChI is InChI=1S/C12H18N2/c1-10(12-13-7-8-14-12)9-11-5-3-2-4-6-11/h2-5,10-11H,6-9H2,1H3,(H,13,14)/t10-,11?/m1/s1. The molecule has 1 aliphatic heterocycles. The van der Waals surface area contributed by atoms with Gasteiger partial charge >= 0.3 is 0 Å². The second-order valence-corrected chi connectivity index (χ2v) is 4.14. The van der Waals surface area contributed by atoms with Crippen molar-refractivity contribution in [1.82, 2.24) is 5.32 Å². The summed E-state index contributed by atoms with van der Waals surface area (Å²) in [6, 6.07) is 0. The molecule has 2 atom stereocenters. The molecule has 0 aromatic carbocycles. The first kappa shape index (κ1) is 9.50. The Bertz CT molecular complexity index is 276. The Kier molecular flexibility index (Phi) is 3.02. The lowest BCUT2D eigenvalue weighted by Crippen LogP contribution is -2.26. The fourth-order valence-electron chi connectivity index (χ4n) is 2.12. The second-order valence-electron chi connectivity index (χ2n) is 4.14. The van der Waals surface area contributed by atoms with Gasteiger partial charge in [0.15, 0.2) is 0 Å². The largest absolute Gasteiger partial charge is 0.372 e. The third kappa shape index (κ3) is 2.25. The van der Waals surface area contributed by atoms with E-state index in [4.69, 9.17) is 0 Å². The molecule has 0 fully saturated rings. The molecule has 1 unspecified atom stereocenters. The van der Waals surface area contributed by atoms with Gasteiger partial charge in [-0.25, -0.2) is 0 Å². The van der Waals surface area contributed by atoms with Crippen molar-refractivity contribution in [2.45, 2.75) is 19.8 Å². The van der Waals surface area contributed by atoms with Crippen molar-refractivity contribution in [1.29, 1.82) is 0 Å². The Morgan fingerprint density at radius 1 is 1.57 bits per heavy atom. The molecule has 0 saturated heterocycles. The van der Waals surface area contributed by atoms with Crippen LogP contribution in [0, 0.1) is 11.8 Å². The first-order valence-corrected chi connectivity index (χ1v) is 5.48. The Hall–Kier alpha value is -1.05. The monoisotopic (exact) mass is 190 g/mol. The molecular formula is C12H18N2. The molecule has 1 N–H and O–H groups in total. The van der Waals surface area contributed by atoms with E-state index in [1.807, 2.05) is 0 Å². The summed E-state index contributed by atoms with van der Waals surface area (Å²) in [5, 5.41) is 3.35. The average Bonchev–Trinajstić information content (AvgIpc) is 2.72. The van der Waals surface area contributed by atoms with E-state index in [2.05, 4.69) is 41.5 Å². The van der Waals surface area contributed by atoms with Crippen LogP contribution in [0.25, 0.3) is 0 Å². The highest BCUT2D eigenvalue weighted by atomic mass is 15.1. The van der Waals surface area contributed by atoms with Crippen molar-refractivity contribution in [3.63, 3.8) is 0 Å². The van der Waals surface area contributed by atoms with Crippen LogP contribution in [0.5, 0.6) is 0 Å². The minimum Gasteiger partial charge on any atom is -0.372 e. The maximum absolute atomic E-state index is 4.46. The molecule has 2 aliphatic rings. The molecule has 2 rings (SSSR count). The van der Waals surface area contributed by atoms with Gasteiger partial charge in [-0.1, -0.05) is 31.2 Å². The predicted molar refractivity (Wildman–Crippen MR) is 60.5 cm³/mol. The van der Waals surface area contributed by atoms with Crippen molar-refractivity contribution < 1.29 is 0 Å². The lowest BCUT2D eigenvalue weighted by Gasteiger charge is -2.18. The van der Waals surface area contributed by atoms with Gasteiger partial charge in [-0.2, -0.15) is 0 Å². The van der Waals surface area contributed by atoms with Gasteiger partial charge in [0, 0.05) is 12.5 Å². The maximum atomic E-state index is 4.46. The van der Waals surface area contributed by atoms with E-state index in [1.54, 1.807) is 0 Å². The summed E-state index contributed by atoms with van der Waals surface area (Å²) in [7, 11) is 0. The minimum atomic E-state index is 0.582. The van der Waals surface area contributed by atoms with Crippen molar-refractivity contribution in [2.24, 2.45) is 16.8 Å². The molecule has 0 radical (unpaired) electrons. The summed E-state index contributed by atoms with van der Waals surface area (Å²) >= 11 is 0.